The van der Waals surface area contributed by atoms with Crippen LogP contribution in [-0.4, -0.2) is 5.11 Å². The zero-order valence-corrected chi connectivity index (χ0v) is 10.8. The Morgan fingerprint density at radius 3 is 2.10 bits per heavy atom. The van der Waals surface area contributed by atoms with Gasteiger partial charge in [0.15, 0.2) is 0 Å². The molecule has 1 nitrogen and oxygen atoms in total. The molecule has 0 aliphatic rings. The van der Waals surface area contributed by atoms with Crippen LogP contribution in [0.25, 0.3) is 11.1 Å². The minimum atomic E-state index is -4.57. The molecule has 0 atom stereocenters. The first-order valence-corrected chi connectivity index (χ1v) is 5.87. The van der Waals surface area contributed by atoms with E-state index in [9.17, 15) is 22.7 Å². The van der Waals surface area contributed by atoms with Crippen LogP contribution in [0.3, 0.4) is 0 Å². The van der Waals surface area contributed by atoms with Crippen molar-refractivity contribution in [1.29, 1.82) is 0 Å². The fourth-order valence-electron chi connectivity index (χ4n) is 2.00. The summed E-state index contributed by atoms with van der Waals surface area (Å²) in [7, 11) is 0. The van der Waals surface area contributed by atoms with Crippen molar-refractivity contribution in [3.63, 3.8) is 0 Å². The second-order valence-electron chi connectivity index (χ2n) is 4.65. The molecular formula is C15H12F4O. The Balaban J connectivity index is 2.57. The summed E-state index contributed by atoms with van der Waals surface area (Å²) in [5.74, 6) is -0.869. The third-order valence-corrected chi connectivity index (χ3v) is 3.13. The molecule has 0 spiro atoms. The van der Waals surface area contributed by atoms with Crippen LogP contribution in [0.5, 0.6) is 5.75 Å². The van der Waals surface area contributed by atoms with Crippen molar-refractivity contribution >= 4 is 0 Å². The Morgan fingerprint density at radius 1 is 0.900 bits per heavy atom. The molecule has 0 heterocycles. The number of phenolic OH excluding ortho intramolecular Hbond substituents is 1. The van der Waals surface area contributed by atoms with Gasteiger partial charge in [0, 0.05) is 5.56 Å². The van der Waals surface area contributed by atoms with Crippen molar-refractivity contribution in [3.05, 3.63) is 52.8 Å². The number of alkyl halides is 3. The summed E-state index contributed by atoms with van der Waals surface area (Å²) < 4.78 is 51.4. The minimum absolute atomic E-state index is 0.0681. The summed E-state index contributed by atoms with van der Waals surface area (Å²) in [4.78, 5) is 0. The fraction of sp³-hybridized carbons (Fsp3) is 0.200. The van der Waals surface area contributed by atoms with E-state index in [0.717, 1.165) is 12.1 Å². The summed E-state index contributed by atoms with van der Waals surface area (Å²) in [5.41, 5.74) is 0.647. The third kappa shape index (κ3) is 2.61. The predicted molar refractivity (Wildman–Crippen MR) is 68.0 cm³/mol. The average Bonchev–Trinajstić information content (AvgIpc) is 2.33. The van der Waals surface area contributed by atoms with E-state index in [4.69, 9.17) is 0 Å². The smallest absolute Gasteiger partial charge is 0.416 e. The topological polar surface area (TPSA) is 20.2 Å². The van der Waals surface area contributed by atoms with Crippen LogP contribution in [0, 0.1) is 19.7 Å². The summed E-state index contributed by atoms with van der Waals surface area (Å²) in [6.45, 7) is 3.30. The second kappa shape index (κ2) is 4.81. The van der Waals surface area contributed by atoms with Gasteiger partial charge in [0.1, 0.15) is 11.6 Å². The van der Waals surface area contributed by atoms with Gasteiger partial charge in [0.2, 0.25) is 0 Å². The van der Waals surface area contributed by atoms with Gasteiger partial charge in [-0.3, -0.25) is 0 Å². The zero-order chi connectivity index (χ0) is 15.1. The normalized spacial score (nSPS) is 11.7. The molecule has 0 aliphatic heterocycles. The van der Waals surface area contributed by atoms with Gasteiger partial charge in [-0.25, -0.2) is 4.39 Å². The largest absolute Gasteiger partial charge is 0.508 e. The van der Waals surface area contributed by atoms with E-state index in [1.54, 1.807) is 19.9 Å². The quantitative estimate of drug-likeness (QED) is 0.743. The van der Waals surface area contributed by atoms with Crippen molar-refractivity contribution in [1.82, 2.24) is 0 Å². The first kappa shape index (κ1) is 14.4. The van der Waals surface area contributed by atoms with Gasteiger partial charge in [-0.1, -0.05) is 6.07 Å². The lowest BCUT2D eigenvalue weighted by atomic mass is 9.96. The molecule has 0 fully saturated rings. The Kier molecular flexibility index (Phi) is 3.46. The highest BCUT2D eigenvalue weighted by Crippen LogP contribution is 2.35. The van der Waals surface area contributed by atoms with Gasteiger partial charge in [-0.2, -0.15) is 13.2 Å². The highest BCUT2D eigenvalue weighted by molar-refractivity contribution is 5.70. The lowest BCUT2D eigenvalue weighted by Gasteiger charge is -2.12. The monoisotopic (exact) mass is 284 g/mol. The second-order valence-corrected chi connectivity index (χ2v) is 4.65. The maximum absolute atomic E-state index is 13.9. The van der Waals surface area contributed by atoms with E-state index in [1.165, 1.54) is 6.07 Å². The van der Waals surface area contributed by atoms with Crippen LogP contribution in [-0.2, 0) is 6.18 Å². The number of phenols is 1. The molecule has 0 saturated carbocycles. The molecule has 0 saturated heterocycles. The van der Waals surface area contributed by atoms with E-state index >= 15 is 0 Å². The number of hydrogen-bond donors (Lipinski definition) is 1. The molecule has 106 valence electrons. The molecule has 2 rings (SSSR count). The van der Waals surface area contributed by atoms with Crippen molar-refractivity contribution in [2.75, 3.05) is 0 Å². The van der Waals surface area contributed by atoms with Gasteiger partial charge in [-0.05, 0) is 54.8 Å². The molecule has 2 aromatic carbocycles. The molecule has 20 heavy (non-hydrogen) atoms. The molecule has 0 aliphatic carbocycles. The number of aryl methyl sites for hydroxylation is 2. The number of halogens is 4. The maximum atomic E-state index is 13.9. The molecule has 0 amide bonds. The molecule has 0 radical (unpaired) electrons. The molecule has 2 aromatic rings. The molecule has 0 bridgehead atoms. The van der Waals surface area contributed by atoms with Crippen LogP contribution < -0.4 is 0 Å². The lowest BCUT2D eigenvalue weighted by molar-refractivity contribution is -0.137. The first-order valence-electron chi connectivity index (χ1n) is 5.87. The van der Waals surface area contributed by atoms with Crippen molar-refractivity contribution < 1.29 is 22.7 Å². The van der Waals surface area contributed by atoms with Gasteiger partial charge >= 0.3 is 6.18 Å². The Bertz CT molecular complexity index is 660. The van der Waals surface area contributed by atoms with Crippen LogP contribution in [0.15, 0.2) is 30.3 Å². The van der Waals surface area contributed by atoms with Gasteiger partial charge < -0.3 is 5.11 Å². The molecule has 0 aromatic heterocycles. The van der Waals surface area contributed by atoms with Gasteiger partial charge in [-0.15, -0.1) is 0 Å². The standard InChI is InChI=1S/C15H12F4O/c1-8-6-14(20)9(2)5-12(8)11-4-3-10(7-13(11)16)15(17,18)19/h3-7,20H,1-2H3. The third-order valence-electron chi connectivity index (χ3n) is 3.13. The highest BCUT2D eigenvalue weighted by Gasteiger charge is 2.31. The fourth-order valence-corrected chi connectivity index (χ4v) is 2.00. The van der Waals surface area contributed by atoms with Gasteiger partial charge in [0.05, 0.1) is 5.56 Å². The highest BCUT2D eigenvalue weighted by atomic mass is 19.4. The zero-order valence-electron chi connectivity index (χ0n) is 10.8. The van der Waals surface area contributed by atoms with E-state index in [1.807, 2.05) is 0 Å². The van der Waals surface area contributed by atoms with Gasteiger partial charge in [0.25, 0.3) is 0 Å². The number of rotatable bonds is 1. The first-order chi connectivity index (χ1) is 9.20. The summed E-state index contributed by atoms with van der Waals surface area (Å²) in [5, 5.41) is 9.55. The van der Waals surface area contributed by atoms with Crippen molar-refractivity contribution in [2.24, 2.45) is 0 Å². The molecule has 5 heteroatoms. The van der Waals surface area contributed by atoms with Crippen LogP contribution in [0.4, 0.5) is 17.6 Å². The van der Waals surface area contributed by atoms with Crippen LogP contribution in [0.2, 0.25) is 0 Å². The van der Waals surface area contributed by atoms with E-state index < -0.39 is 17.6 Å². The summed E-state index contributed by atoms with van der Waals surface area (Å²) in [6.07, 6.45) is -4.57. The predicted octanol–water partition coefficient (Wildman–Crippen LogP) is 4.83. The van der Waals surface area contributed by atoms with E-state index in [0.29, 0.717) is 22.8 Å². The minimum Gasteiger partial charge on any atom is -0.508 e. The van der Waals surface area contributed by atoms with E-state index in [2.05, 4.69) is 0 Å². The molecule has 1 N–H and O–H groups in total. The lowest BCUT2D eigenvalue weighted by Crippen LogP contribution is -2.05. The molecule has 0 unspecified atom stereocenters. The number of aromatic hydroxyl groups is 1. The average molecular weight is 284 g/mol. The number of hydrogen-bond acceptors (Lipinski definition) is 1. The Morgan fingerprint density at radius 2 is 1.55 bits per heavy atom. The summed E-state index contributed by atoms with van der Waals surface area (Å²) >= 11 is 0. The molecular weight excluding hydrogens is 272 g/mol. The van der Waals surface area contributed by atoms with Crippen LogP contribution >= 0.6 is 0 Å². The SMILES string of the molecule is Cc1cc(-c2ccc(C(F)(F)F)cc2F)c(C)cc1O. The number of benzene rings is 2. The Hall–Kier alpha value is -2.04. The van der Waals surface area contributed by atoms with Crippen molar-refractivity contribution in [3.8, 4) is 16.9 Å². The van der Waals surface area contributed by atoms with Crippen LogP contribution in [0.1, 0.15) is 16.7 Å². The summed E-state index contributed by atoms with van der Waals surface area (Å²) in [6, 6.07) is 5.45. The Labute approximate surface area is 113 Å². The van der Waals surface area contributed by atoms with Crippen molar-refractivity contribution in [2.45, 2.75) is 20.0 Å². The maximum Gasteiger partial charge on any atom is 0.416 e. The van der Waals surface area contributed by atoms with E-state index in [-0.39, 0.29) is 11.3 Å².